The molecule has 0 fully saturated rings. The first kappa shape index (κ1) is 12.9. The Balaban J connectivity index is 2.23. The maximum absolute atomic E-state index is 11.6. The fourth-order valence-electron chi connectivity index (χ4n) is 1.99. The van der Waals surface area contributed by atoms with Crippen molar-refractivity contribution in [1.82, 2.24) is 0 Å². The van der Waals surface area contributed by atoms with Crippen molar-refractivity contribution in [3.05, 3.63) is 23.8 Å². The summed E-state index contributed by atoms with van der Waals surface area (Å²) in [6.45, 7) is 6.63. The van der Waals surface area contributed by atoms with E-state index in [9.17, 15) is 4.79 Å². The van der Waals surface area contributed by atoms with E-state index in [0.717, 1.165) is 23.4 Å². The minimum absolute atomic E-state index is 0.0566. The number of rotatable bonds is 3. The van der Waals surface area contributed by atoms with Crippen LogP contribution >= 0.6 is 0 Å². The highest BCUT2D eigenvalue weighted by molar-refractivity contribution is 5.97. The number of anilines is 1. The van der Waals surface area contributed by atoms with E-state index in [1.165, 1.54) is 0 Å². The van der Waals surface area contributed by atoms with E-state index in [0.29, 0.717) is 6.54 Å². The summed E-state index contributed by atoms with van der Waals surface area (Å²) in [6, 6.07) is 5.91. The highest BCUT2D eigenvalue weighted by Gasteiger charge is 2.24. The van der Waals surface area contributed by atoms with Gasteiger partial charge in [0.2, 0.25) is 0 Å². The van der Waals surface area contributed by atoms with Gasteiger partial charge in [-0.05, 0) is 43.0 Å². The Morgan fingerprint density at radius 1 is 1.44 bits per heavy atom. The quantitative estimate of drug-likeness (QED) is 0.859. The smallest absolute Gasteiger partial charge is 0.265 e. The monoisotopic (exact) mass is 248 g/mol. The summed E-state index contributed by atoms with van der Waals surface area (Å²) >= 11 is 0. The third-order valence-electron chi connectivity index (χ3n) is 3.21. The van der Waals surface area contributed by atoms with Crippen molar-refractivity contribution in [2.45, 2.75) is 33.3 Å². The third kappa shape index (κ3) is 2.64. The molecule has 0 radical (unpaired) electrons. The van der Waals surface area contributed by atoms with Crippen molar-refractivity contribution in [1.29, 1.82) is 0 Å². The van der Waals surface area contributed by atoms with Crippen LogP contribution in [-0.4, -0.2) is 18.6 Å². The zero-order valence-corrected chi connectivity index (χ0v) is 11.1. The normalized spacial score (nSPS) is 18.9. The highest BCUT2D eigenvalue weighted by Crippen LogP contribution is 2.32. The van der Waals surface area contributed by atoms with Crippen LogP contribution in [0.15, 0.2) is 18.2 Å². The Kier molecular flexibility index (Phi) is 3.30. The van der Waals surface area contributed by atoms with Gasteiger partial charge in [0.05, 0.1) is 5.69 Å². The Bertz CT molecular complexity index is 469. The fraction of sp³-hybridized carbons (Fsp3) is 0.500. The van der Waals surface area contributed by atoms with Crippen LogP contribution < -0.4 is 15.8 Å². The molecule has 1 aromatic rings. The molecule has 1 atom stereocenters. The molecule has 1 heterocycles. The Morgan fingerprint density at radius 3 is 2.83 bits per heavy atom. The molecule has 0 aromatic heterocycles. The summed E-state index contributed by atoms with van der Waals surface area (Å²) in [6.07, 6.45) is 0.450. The molecule has 1 aliphatic rings. The van der Waals surface area contributed by atoms with E-state index in [1.54, 1.807) is 6.92 Å². The molecular weight excluding hydrogens is 228 g/mol. The summed E-state index contributed by atoms with van der Waals surface area (Å²) in [4.78, 5) is 11.6. The van der Waals surface area contributed by atoms with Gasteiger partial charge in [0, 0.05) is 0 Å². The largest absolute Gasteiger partial charge is 0.479 e. The van der Waals surface area contributed by atoms with E-state index in [4.69, 9.17) is 10.5 Å². The summed E-state index contributed by atoms with van der Waals surface area (Å²) in [7, 11) is 0. The molecule has 1 unspecified atom stereocenters. The van der Waals surface area contributed by atoms with Crippen molar-refractivity contribution < 1.29 is 9.53 Å². The lowest BCUT2D eigenvalue weighted by Crippen LogP contribution is -2.34. The number of hydrogen-bond acceptors (Lipinski definition) is 3. The molecule has 0 aliphatic carbocycles. The molecule has 4 heteroatoms. The van der Waals surface area contributed by atoms with E-state index >= 15 is 0 Å². The third-order valence-corrected chi connectivity index (χ3v) is 3.21. The Morgan fingerprint density at radius 2 is 2.17 bits per heavy atom. The predicted octanol–water partition coefficient (Wildman–Crippen LogP) is 1.93. The topological polar surface area (TPSA) is 64.3 Å². The van der Waals surface area contributed by atoms with Crippen molar-refractivity contribution in [2.75, 3.05) is 11.9 Å². The second-order valence-electron chi connectivity index (χ2n) is 5.62. The first-order chi connectivity index (χ1) is 8.41. The lowest BCUT2D eigenvalue weighted by molar-refractivity contribution is -0.122. The zero-order valence-electron chi connectivity index (χ0n) is 11.1. The van der Waals surface area contributed by atoms with Crippen molar-refractivity contribution in [3.8, 4) is 5.75 Å². The van der Waals surface area contributed by atoms with Crippen LogP contribution in [0.25, 0.3) is 0 Å². The molecule has 2 rings (SSSR count). The molecule has 0 saturated heterocycles. The van der Waals surface area contributed by atoms with Crippen LogP contribution in [-0.2, 0) is 11.2 Å². The molecular formula is C14H20N2O2. The minimum Gasteiger partial charge on any atom is -0.479 e. The van der Waals surface area contributed by atoms with E-state index in [2.05, 4.69) is 19.2 Å². The second-order valence-corrected chi connectivity index (χ2v) is 5.62. The van der Waals surface area contributed by atoms with Gasteiger partial charge < -0.3 is 15.8 Å². The fourth-order valence-corrected chi connectivity index (χ4v) is 1.99. The van der Waals surface area contributed by atoms with Gasteiger partial charge in [-0.15, -0.1) is 0 Å². The van der Waals surface area contributed by atoms with Gasteiger partial charge in [0.25, 0.3) is 5.91 Å². The zero-order chi connectivity index (χ0) is 13.3. The molecule has 0 saturated carbocycles. The number of amides is 1. The second kappa shape index (κ2) is 4.61. The molecule has 1 aromatic carbocycles. The molecule has 3 N–H and O–H groups in total. The molecule has 1 aliphatic heterocycles. The average molecular weight is 248 g/mol. The number of hydrogen-bond donors (Lipinski definition) is 2. The standard InChI is InChI=1S/C14H20N2O2/c1-9-13(17)16-11-6-10(4-5-12(11)18-9)7-14(2,3)8-15/h4-6,9H,7-8,15H2,1-3H3,(H,16,17). The summed E-state index contributed by atoms with van der Waals surface area (Å²) in [5.41, 5.74) is 7.70. The van der Waals surface area contributed by atoms with E-state index in [1.807, 2.05) is 18.2 Å². The van der Waals surface area contributed by atoms with Crippen LogP contribution in [0, 0.1) is 5.41 Å². The summed E-state index contributed by atoms with van der Waals surface area (Å²) in [5.74, 6) is 0.633. The Labute approximate surface area is 108 Å². The maximum Gasteiger partial charge on any atom is 0.265 e. The van der Waals surface area contributed by atoms with Gasteiger partial charge in [0.1, 0.15) is 5.75 Å². The Hall–Kier alpha value is -1.55. The van der Waals surface area contributed by atoms with Crippen LogP contribution in [0.5, 0.6) is 5.75 Å². The number of nitrogens with two attached hydrogens (primary N) is 1. The number of carbonyl (C=O) groups excluding carboxylic acids is 1. The number of benzene rings is 1. The van der Waals surface area contributed by atoms with Gasteiger partial charge in [-0.3, -0.25) is 4.79 Å². The van der Waals surface area contributed by atoms with Gasteiger partial charge >= 0.3 is 0 Å². The van der Waals surface area contributed by atoms with Gasteiger partial charge in [-0.2, -0.15) is 0 Å². The van der Waals surface area contributed by atoms with Crippen molar-refractivity contribution >= 4 is 11.6 Å². The summed E-state index contributed by atoms with van der Waals surface area (Å²) < 4.78 is 5.52. The highest BCUT2D eigenvalue weighted by atomic mass is 16.5. The van der Waals surface area contributed by atoms with Crippen LogP contribution in [0.3, 0.4) is 0 Å². The van der Waals surface area contributed by atoms with E-state index in [-0.39, 0.29) is 11.3 Å². The van der Waals surface area contributed by atoms with Crippen molar-refractivity contribution in [2.24, 2.45) is 11.1 Å². The van der Waals surface area contributed by atoms with E-state index < -0.39 is 6.10 Å². The lowest BCUT2D eigenvalue weighted by atomic mass is 9.86. The average Bonchev–Trinajstić information content (AvgIpc) is 2.31. The molecule has 0 bridgehead atoms. The van der Waals surface area contributed by atoms with Crippen LogP contribution in [0.4, 0.5) is 5.69 Å². The van der Waals surface area contributed by atoms with Gasteiger partial charge in [-0.25, -0.2) is 0 Å². The number of carbonyl (C=O) groups is 1. The van der Waals surface area contributed by atoms with Gasteiger partial charge in [-0.1, -0.05) is 19.9 Å². The number of fused-ring (bicyclic) bond motifs is 1. The maximum atomic E-state index is 11.6. The SMILES string of the molecule is CC1Oc2ccc(CC(C)(C)CN)cc2NC1=O. The number of ether oxygens (including phenoxy) is 1. The first-order valence-electron chi connectivity index (χ1n) is 6.22. The van der Waals surface area contributed by atoms with Gasteiger partial charge in [0.15, 0.2) is 6.10 Å². The molecule has 1 amide bonds. The minimum atomic E-state index is -0.427. The molecule has 4 nitrogen and oxygen atoms in total. The van der Waals surface area contributed by atoms with Crippen LogP contribution in [0.2, 0.25) is 0 Å². The lowest BCUT2D eigenvalue weighted by Gasteiger charge is -2.26. The predicted molar refractivity (Wildman–Crippen MR) is 71.7 cm³/mol. The van der Waals surface area contributed by atoms with Crippen molar-refractivity contribution in [3.63, 3.8) is 0 Å². The number of nitrogens with one attached hydrogen (secondary N) is 1. The summed E-state index contributed by atoms with van der Waals surface area (Å²) in [5, 5.41) is 2.86. The molecule has 0 spiro atoms. The molecule has 18 heavy (non-hydrogen) atoms. The molecule has 98 valence electrons. The van der Waals surface area contributed by atoms with Crippen LogP contribution in [0.1, 0.15) is 26.3 Å². The first-order valence-corrected chi connectivity index (χ1v) is 6.22.